The molecule has 0 saturated heterocycles. The fraction of sp³-hybridized carbons (Fsp3) is 0.143. The molecule has 2 aromatic carbocycles. The smallest absolute Gasteiger partial charge is 0.126 e. The standard InChI is InChI=1S/C14H13ClO2/c15-13-7-4-8-14(12(13)9-16)17-10-11-5-2-1-3-6-11/h1-8,16H,9-10H2. The van der Waals surface area contributed by atoms with Gasteiger partial charge in [-0.2, -0.15) is 0 Å². The van der Waals surface area contributed by atoms with Crippen LogP contribution in [0.25, 0.3) is 0 Å². The summed E-state index contributed by atoms with van der Waals surface area (Å²) >= 11 is 5.97. The zero-order chi connectivity index (χ0) is 12.1. The highest BCUT2D eigenvalue weighted by molar-refractivity contribution is 6.31. The summed E-state index contributed by atoms with van der Waals surface area (Å²) in [6.07, 6.45) is 0. The fourth-order valence-corrected chi connectivity index (χ4v) is 1.79. The molecular weight excluding hydrogens is 236 g/mol. The van der Waals surface area contributed by atoms with Crippen LogP contribution in [0.4, 0.5) is 0 Å². The van der Waals surface area contributed by atoms with Gasteiger partial charge in [0, 0.05) is 10.6 Å². The highest BCUT2D eigenvalue weighted by Crippen LogP contribution is 2.26. The molecule has 2 aromatic rings. The molecular formula is C14H13ClO2. The van der Waals surface area contributed by atoms with Gasteiger partial charge >= 0.3 is 0 Å². The Hall–Kier alpha value is -1.51. The van der Waals surface area contributed by atoms with E-state index in [1.165, 1.54) is 0 Å². The van der Waals surface area contributed by atoms with Crippen molar-refractivity contribution < 1.29 is 9.84 Å². The molecule has 0 aliphatic carbocycles. The monoisotopic (exact) mass is 248 g/mol. The summed E-state index contributed by atoms with van der Waals surface area (Å²) in [5.74, 6) is 0.629. The van der Waals surface area contributed by atoms with Gasteiger partial charge in [0.2, 0.25) is 0 Å². The Balaban J connectivity index is 2.12. The highest BCUT2D eigenvalue weighted by atomic mass is 35.5. The summed E-state index contributed by atoms with van der Waals surface area (Å²) < 4.78 is 5.65. The van der Waals surface area contributed by atoms with Crippen molar-refractivity contribution in [3.05, 3.63) is 64.7 Å². The summed E-state index contributed by atoms with van der Waals surface area (Å²) in [5, 5.41) is 9.76. The highest BCUT2D eigenvalue weighted by Gasteiger charge is 2.06. The molecule has 0 spiro atoms. The van der Waals surface area contributed by atoms with Gasteiger partial charge in [-0.3, -0.25) is 0 Å². The first kappa shape index (κ1) is 12.0. The Bertz CT molecular complexity index is 483. The van der Waals surface area contributed by atoms with Gasteiger partial charge in [-0.1, -0.05) is 48.0 Å². The molecule has 2 rings (SSSR count). The average molecular weight is 249 g/mol. The van der Waals surface area contributed by atoms with Crippen LogP contribution in [0.2, 0.25) is 5.02 Å². The van der Waals surface area contributed by atoms with E-state index in [9.17, 15) is 5.11 Å². The van der Waals surface area contributed by atoms with Crippen LogP contribution in [0, 0.1) is 0 Å². The zero-order valence-corrected chi connectivity index (χ0v) is 10.0. The first-order valence-corrected chi connectivity index (χ1v) is 5.74. The number of rotatable bonds is 4. The van der Waals surface area contributed by atoms with Crippen molar-refractivity contribution in [2.24, 2.45) is 0 Å². The number of aliphatic hydroxyl groups is 1. The Morgan fingerprint density at radius 3 is 2.47 bits per heavy atom. The average Bonchev–Trinajstić information content (AvgIpc) is 2.37. The van der Waals surface area contributed by atoms with Crippen LogP contribution in [-0.2, 0) is 13.2 Å². The summed E-state index contributed by atoms with van der Waals surface area (Å²) in [6, 6.07) is 15.2. The van der Waals surface area contributed by atoms with E-state index in [2.05, 4.69) is 0 Å². The van der Waals surface area contributed by atoms with Gasteiger partial charge in [0.05, 0.1) is 6.61 Å². The molecule has 0 fully saturated rings. The van der Waals surface area contributed by atoms with E-state index in [0.29, 0.717) is 22.9 Å². The summed E-state index contributed by atoms with van der Waals surface area (Å²) in [7, 11) is 0. The first-order chi connectivity index (χ1) is 8.31. The van der Waals surface area contributed by atoms with Crippen molar-refractivity contribution in [2.45, 2.75) is 13.2 Å². The minimum Gasteiger partial charge on any atom is -0.488 e. The minimum atomic E-state index is -0.121. The zero-order valence-electron chi connectivity index (χ0n) is 9.27. The molecule has 0 heterocycles. The molecule has 0 aliphatic heterocycles. The van der Waals surface area contributed by atoms with Crippen LogP contribution in [0.5, 0.6) is 5.75 Å². The quantitative estimate of drug-likeness (QED) is 0.899. The van der Waals surface area contributed by atoms with Gasteiger partial charge in [-0.15, -0.1) is 0 Å². The molecule has 0 aromatic heterocycles. The SMILES string of the molecule is OCc1c(Cl)cccc1OCc1ccccc1. The molecule has 2 nitrogen and oxygen atoms in total. The van der Waals surface area contributed by atoms with Gasteiger partial charge in [-0.05, 0) is 17.7 Å². The molecule has 88 valence electrons. The van der Waals surface area contributed by atoms with E-state index in [1.807, 2.05) is 36.4 Å². The lowest BCUT2D eigenvalue weighted by Gasteiger charge is -2.11. The Morgan fingerprint density at radius 1 is 1.00 bits per heavy atom. The molecule has 0 aliphatic rings. The van der Waals surface area contributed by atoms with Crippen molar-refractivity contribution in [1.29, 1.82) is 0 Å². The van der Waals surface area contributed by atoms with E-state index >= 15 is 0 Å². The van der Waals surface area contributed by atoms with E-state index in [1.54, 1.807) is 12.1 Å². The molecule has 0 atom stereocenters. The summed E-state index contributed by atoms with van der Waals surface area (Å²) in [6.45, 7) is 0.345. The van der Waals surface area contributed by atoms with E-state index in [0.717, 1.165) is 5.56 Å². The third-order valence-corrected chi connectivity index (χ3v) is 2.83. The maximum atomic E-state index is 9.23. The lowest BCUT2D eigenvalue weighted by atomic mass is 10.2. The van der Waals surface area contributed by atoms with E-state index in [-0.39, 0.29) is 6.61 Å². The predicted octanol–water partition coefficient (Wildman–Crippen LogP) is 3.41. The second-order valence-corrected chi connectivity index (χ2v) is 4.06. The van der Waals surface area contributed by atoms with Crippen LogP contribution < -0.4 is 4.74 Å². The number of hydrogen-bond donors (Lipinski definition) is 1. The predicted molar refractivity (Wildman–Crippen MR) is 68.1 cm³/mol. The Morgan fingerprint density at radius 2 is 1.76 bits per heavy atom. The number of ether oxygens (including phenoxy) is 1. The third kappa shape index (κ3) is 2.99. The van der Waals surface area contributed by atoms with Crippen molar-refractivity contribution in [3.63, 3.8) is 0 Å². The topological polar surface area (TPSA) is 29.5 Å². The van der Waals surface area contributed by atoms with Crippen LogP contribution in [0.15, 0.2) is 48.5 Å². The molecule has 3 heteroatoms. The van der Waals surface area contributed by atoms with Crippen molar-refractivity contribution in [3.8, 4) is 5.75 Å². The molecule has 17 heavy (non-hydrogen) atoms. The van der Waals surface area contributed by atoms with Gasteiger partial charge in [0.25, 0.3) is 0 Å². The van der Waals surface area contributed by atoms with Gasteiger partial charge in [-0.25, -0.2) is 0 Å². The van der Waals surface area contributed by atoms with Crippen LogP contribution in [0.3, 0.4) is 0 Å². The Kier molecular flexibility index (Phi) is 4.02. The molecule has 0 amide bonds. The van der Waals surface area contributed by atoms with E-state index in [4.69, 9.17) is 16.3 Å². The van der Waals surface area contributed by atoms with Crippen molar-refractivity contribution in [2.75, 3.05) is 0 Å². The van der Waals surface area contributed by atoms with E-state index < -0.39 is 0 Å². The second kappa shape index (κ2) is 5.71. The number of aliphatic hydroxyl groups excluding tert-OH is 1. The summed E-state index contributed by atoms with van der Waals surface area (Å²) in [4.78, 5) is 0. The minimum absolute atomic E-state index is 0.121. The normalized spacial score (nSPS) is 10.2. The van der Waals surface area contributed by atoms with Crippen LogP contribution in [0.1, 0.15) is 11.1 Å². The molecule has 0 saturated carbocycles. The largest absolute Gasteiger partial charge is 0.488 e. The molecule has 0 unspecified atom stereocenters. The second-order valence-electron chi connectivity index (χ2n) is 3.65. The number of halogens is 1. The number of hydrogen-bond acceptors (Lipinski definition) is 2. The first-order valence-electron chi connectivity index (χ1n) is 5.36. The third-order valence-electron chi connectivity index (χ3n) is 2.47. The molecule has 0 radical (unpaired) electrons. The van der Waals surface area contributed by atoms with Crippen molar-refractivity contribution >= 4 is 11.6 Å². The lowest BCUT2D eigenvalue weighted by Crippen LogP contribution is -1.99. The van der Waals surface area contributed by atoms with Crippen molar-refractivity contribution in [1.82, 2.24) is 0 Å². The number of benzene rings is 2. The van der Waals surface area contributed by atoms with Gasteiger partial charge in [0.15, 0.2) is 0 Å². The van der Waals surface area contributed by atoms with Gasteiger partial charge < -0.3 is 9.84 Å². The van der Waals surface area contributed by atoms with Crippen LogP contribution >= 0.6 is 11.6 Å². The van der Waals surface area contributed by atoms with Crippen LogP contribution in [-0.4, -0.2) is 5.11 Å². The Labute approximate surface area is 105 Å². The fourth-order valence-electron chi connectivity index (χ4n) is 1.56. The summed E-state index contributed by atoms with van der Waals surface area (Å²) in [5.41, 5.74) is 1.71. The molecule has 1 N–H and O–H groups in total. The maximum absolute atomic E-state index is 9.23. The molecule has 0 bridgehead atoms. The van der Waals surface area contributed by atoms with Gasteiger partial charge in [0.1, 0.15) is 12.4 Å². The lowest BCUT2D eigenvalue weighted by molar-refractivity contribution is 0.259. The maximum Gasteiger partial charge on any atom is 0.126 e.